The molecule has 3 nitrogen and oxygen atoms in total. The SMILES string of the molecule is CCC(CC)C(=O)NCc1nccs1. The Hall–Kier alpha value is -0.900. The Kier molecular flexibility index (Phi) is 4.59. The second-order valence-corrected chi connectivity index (χ2v) is 4.14. The Bertz CT molecular complexity index is 268. The summed E-state index contributed by atoms with van der Waals surface area (Å²) < 4.78 is 0. The van der Waals surface area contributed by atoms with Gasteiger partial charge in [0.1, 0.15) is 5.01 Å². The number of carbonyl (C=O) groups excluding carboxylic acids is 1. The quantitative estimate of drug-likeness (QED) is 0.813. The van der Waals surface area contributed by atoms with E-state index in [2.05, 4.69) is 10.3 Å². The number of nitrogens with zero attached hydrogens (tertiary/aromatic N) is 1. The summed E-state index contributed by atoms with van der Waals surface area (Å²) in [6, 6.07) is 0. The van der Waals surface area contributed by atoms with Gasteiger partial charge in [-0.3, -0.25) is 4.79 Å². The molecule has 0 aliphatic rings. The molecule has 0 saturated heterocycles. The Morgan fingerprint density at radius 3 is 2.79 bits per heavy atom. The maximum absolute atomic E-state index is 11.6. The largest absolute Gasteiger partial charge is 0.349 e. The summed E-state index contributed by atoms with van der Waals surface area (Å²) in [5, 5.41) is 5.77. The van der Waals surface area contributed by atoms with Crippen molar-refractivity contribution in [1.29, 1.82) is 0 Å². The van der Waals surface area contributed by atoms with Crippen LogP contribution >= 0.6 is 11.3 Å². The monoisotopic (exact) mass is 212 g/mol. The second-order valence-electron chi connectivity index (χ2n) is 3.16. The molecule has 14 heavy (non-hydrogen) atoms. The molecule has 0 fully saturated rings. The van der Waals surface area contributed by atoms with Crippen molar-refractivity contribution < 1.29 is 4.79 Å². The first-order valence-electron chi connectivity index (χ1n) is 4.94. The highest BCUT2D eigenvalue weighted by molar-refractivity contribution is 7.09. The fraction of sp³-hybridized carbons (Fsp3) is 0.600. The number of thiazole rings is 1. The van der Waals surface area contributed by atoms with Crippen molar-refractivity contribution in [2.24, 2.45) is 5.92 Å². The van der Waals surface area contributed by atoms with Gasteiger partial charge in [-0.1, -0.05) is 13.8 Å². The third-order valence-electron chi connectivity index (χ3n) is 2.25. The molecule has 0 bridgehead atoms. The Labute approximate surface area is 88.6 Å². The minimum atomic E-state index is 0.144. The summed E-state index contributed by atoms with van der Waals surface area (Å²) in [7, 11) is 0. The lowest BCUT2D eigenvalue weighted by atomic mass is 10.0. The zero-order valence-electron chi connectivity index (χ0n) is 8.62. The smallest absolute Gasteiger partial charge is 0.223 e. The average Bonchev–Trinajstić information content (AvgIpc) is 2.69. The molecule has 4 heteroatoms. The predicted octanol–water partition coefficient (Wildman–Crippen LogP) is 2.20. The fourth-order valence-electron chi connectivity index (χ4n) is 1.31. The van der Waals surface area contributed by atoms with Crippen LogP contribution in [-0.2, 0) is 11.3 Å². The van der Waals surface area contributed by atoms with E-state index in [1.807, 2.05) is 19.2 Å². The number of hydrogen-bond acceptors (Lipinski definition) is 3. The van der Waals surface area contributed by atoms with Gasteiger partial charge in [0.25, 0.3) is 0 Å². The number of carbonyl (C=O) groups is 1. The second kappa shape index (κ2) is 5.75. The summed E-state index contributed by atoms with van der Waals surface area (Å²) in [6.07, 6.45) is 3.56. The van der Waals surface area contributed by atoms with E-state index in [0.717, 1.165) is 17.8 Å². The van der Waals surface area contributed by atoms with Gasteiger partial charge in [0.15, 0.2) is 0 Å². The zero-order chi connectivity index (χ0) is 10.4. The number of hydrogen-bond donors (Lipinski definition) is 1. The molecular weight excluding hydrogens is 196 g/mol. The van der Waals surface area contributed by atoms with Crippen molar-refractivity contribution in [3.63, 3.8) is 0 Å². The van der Waals surface area contributed by atoms with Crippen LogP contribution < -0.4 is 5.32 Å². The molecule has 0 aromatic carbocycles. The first kappa shape index (κ1) is 11.2. The summed E-state index contributed by atoms with van der Waals surface area (Å²) in [6.45, 7) is 4.64. The average molecular weight is 212 g/mol. The molecule has 1 aromatic rings. The van der Waals surface area contributed by atoms with Crippen LogP contribution in [0.25, 0.3) is 0 Å². The van der Waals surface area contributed by atoms with E-state index in [0.29, 0.717) is 6.54 Å². The third-order valence-corrected chi connectivity index (χ3v) is 3.03. The highest BCUT2D eigenvalue weighted by Gasteiger charge is 2.13. The van der Waals surface area contributed by atoms with E-state index in [9.17, 15) is 4.79 Å². The molecule has 1 aromatic heterocycles. The summed E-state index contributed by atoms with van der Waals surface area (Å²) in [5.74, 6) is 0.292. The molecule has 0 spiro atoms. The van der Waals surface area contributed by atoms with Gasteiger partial charge in [-0.2, -0.15) is 0 Å². The predicted molar refractivity (Wildman–Crippen MR) is 58.0 cm³/mol. The summed E-state index contributed by atoms with van der Waals surface area (Å²) in [5.41, 5.74) is 0. The van der Waals surface area contributed by atoms with Crippen LogP contribution in [0, 0.1) is 5.92 Å². The van der Waals surface area contributed by atoms with E-state index in [4.69, 9.17) is 0 Å². The molecular formula is C10H16N2OS. The van der Waals surface area contributed by atoms with Crippen LogP contribution in [0.3, 0.4) is 0 Å². The molecule has 0 aliphatic carbocycles. The number of nitrogens with one attached hydrogen (secondary N) is 1. The van der Waals surface area contributed by atoms with Crippen LogP contribution in [0.5, 0.6) is 0 Å². The maximum Gasteiger partial charge on any atom is 0.223 e. The van der Waals surface area contributed by atoms with E-state index in [1.165, 1.54) is 0 Å². The standard InChI is InChI=1S/C10H16N2OS/c1-3-8(4-2)10(13)12-7-9-11-5-6-14-9/h5-6,8H,3-4,7H2,1-2H3,(H,12,13). The van der Waals surface area contributed by atoms with Gasteiger partial charge in [-0.15, -0.1) is 11.3 Å². The first-order chi connectivity index (χ1) is 6.77. The van der Waals surface area contributed by atoms with Crippen molar-refractivity contribution in [3.05, 3.63) is 16.6 Å². The van der Waals surface area contributed by atoms with Crippen molar-refractivity contribution >= 4 is 17.2 Å². The van der Waals surface area contributed by atoms with Crippen LogP contribution in [0.2, 0.25) is 0 Å². The Balaban J connectivity index is 2.34. The minimum absolute atomic E-state index is 0.144. The van der Waals surface area contributed by atoms with Crippen molar-refractivity contribution in [2.75, 3.05) is 0 Å². The third kappa shape index (κ3) is 3.10. The molecule has 1 N–H and O–H groups in total. The molecule has 0 saturated carbocycles. The number of amides is 1. The molecule has 0 aliphatic heterocycles. The van der Waals surface area contributed by atoms with Gasteiger partial charge in [0.05, 0.1) is 6.54 Å². The number of aromatic nitrogens is 1. The van der Waals surface area contributed by atoms with Gasteiger partial charge in [0, 0.05) is 17.5 Å². The van der Waals surface area contributed by atoms with Crippen LogP contribution in [0.1, 0.15) is 31.7 Å². The lowest BCUT2D eigenvalue weighted by molar-refractivity contribution is -0.125. The summed E-state index contributed by atoms with van der Waals surface area (Å²) >= 11 is 1.57. The highest BCUT2D eigenvalue weighted by atomic mass is 32.1. The topological polar surface area (TPSA) is 42.0 Å². The molecule has 0 atom stereocenters. The van der Waals surface area contributed by atoms with Gasteiger partial charge in [-0.05, 0) is 12.8 Å². The molecule has 1 heterocycles. The van der Waals surface area contributed by atoms with E-state index < -0.39 is 0 Å². The Morgan fingerprint density at radius 2 is 2.29 bits per heavy atom. The first-order valence-corrected chi connectivity index (χ1v) is 5.82. The van der Waals surface area contributed by atoms with Crippen LogP contribution in [-0.4, -0.2) is 10.9 Å². The van der Waals surface area contributed by atoms with E-state index >= 15 is 0 Å². The minimum Gasteiger partial charge on any atom is -0.349 e. The van der Waals surface area contributed by atoms with Crippen molar-refractivity contribution in [2.45, 2.75) is 33.2 Å². The molecule has 1 rings (SSSR count). The van der Waals surface area contributed by atoms with Crippen LogP contribution in [0.4, 0.5) is 0 Å². The normalized spacial score (nSPS) is 10.5. The lowest BCUT2D eigenvalue weighted by Crippen LogP contribution is -2.29. The van der Waals surface area contributed by atoms with Gasteiger partial charge < -0.3 is 5.32 Å². The van der Waals surface area contributed by atoms with Gasteiger partial charge in [0.2, 0.25) is 5.91 Å². The van der Waals surface area contributed by atoms with E-state index in [-0.39, 0.29) is 11.8 Å². The lowest BCUT2D eigenvalue weighted by Gasteiger charge is -2.11. The Morgan fingerprint density at radius 1 is 1.57 bits per heavy atom. The van der Waals surface area contributed by atoms with E-state index in [1.54, 1.807) is 17.5 Å². The highest BCUT2D eigenvalue weighted by Crippen LogP contribution is 2.08. The summed E-state index contributed by atoms with van der Waals surface area (Å²) in [4.78, 5) is 15.7. The fourth-order valence-corrected chi connectivity index (χ4v) is 1.86. The van der Waals surface area contributed by atoms with Crippen LogP contribution in [0.15, 0.2) is 11.6 Å². The van der Waals surface area contributed by atoms with Gasteiger partial charge >= 0.3 is 0 Å². The molecule has 0 unspecified atom stereocenters. The van der Waals surface area contributed by atoms with Crippen molar-refractivity contribution in [1.82, 2.24) is 10.3 Å². The van der Waals surface area contributed by atoms with Crippen molar-refractivity contribution in [3.8, 4) is 0 Å². The number of rotatable bonds is 5. The molecule has 1 amide bonds. The zero-order valence-corrected chi connectivity index (χ0v) is 9.43. The molecule has 78 valence electrons. The maximum atomic E-state index is 11.6. The molecule has 0 radical (unpaired) electrons. The van der Waals surface area contributed by atoms with Gasteiger partial charge in [-0.25, -0.2) is 4.98 Å².